The van der Waals surface area contributed by atoms with E-state index in [0.717, 1.165) is 25.1 Å². The number of hydrogen-bond acceptors (Lipinski definition) is 4. The van der Waals surface area contributed by atoms with Crippen molar-refractivity contribution in [3.8, 4) is 0 Å². The second-order valence-electron chi connectivity index (χ2n) is 6.43. The summed E-state index contributed by atoms with van der Waals surface area (Å²) in [6.45, 7) is 3.63. The lowest BCUT2D eigenvalue weighted by atomic mass is 10.1. The number of nitrogens with one attached hydrogen (secondary N) is 2. The minimum atomic E-state index is -3.39. The molecule has 0 bridgehead atoms. The summed E-state index contributed by atoms with van der Waals surface area (Å²) in [5, 5.41) is 6.18. The molecule has 0 spiro atoms. The van der Waals surface area contributed by atoms with E-state index in [1.807, 2.05) is 6.92 Å². The Kier molecular flexibility index (Phi) is 6.81. The molecule has 1 unspecified atom stereocenters. The van der Waals surface area contributed by atoms with E-state index in [1.54, 1.807) is 48.5 Å². The van der Waals surface area contributed by atoms with E-state index < -0.39 is 9.84 Å². The molecule has 1 atom stereocenters. The smallest absolute Gasteiger partial charge is 0.251 e. The second-order valence-corrected chi connectivity index (χ2v) is 8.42. The molecule has 0 aliphatic carbocycles. The van der Waals surface area contributed by atoms with Gasteiger partial charge in [0.15, 0.2) is 9.84 Å². The maximum atomic E-state index is 12.5. The molecule has 2 aromatic rings. The highest BCUT2D eigenvalue weighted by molar-refractivity contribution is 7.90. The second kappa shape index (κ2) is 8.66. The van der Waals surface area contributed by atoms with Crippen molar-refractivity contribution < 1.29 is 13.2 Å². The van der Waals surface area contributed by atoms with Crippen LogP contribution in [0.1, 0.15) is 27.9 Å². The molecule has 5 nitrogen and oxygen atoms in total. The van der Waals surface area contributed by atoms with Crippen molar-refractivity contribution in [3.05, 3.63) is 65.2 Å². The third-order valence-corrected chi connectivity index (χ3v) is 6.05. The fourth-order valence-electron chi connectivity index (χ4n) is 2.85. The summed E-state index contributed by atoms with van der Waals surface area (Å²) in [7, 11) is -3.39. The fraction of sp³-hybridized carbons (Fsp3) is 0.316. The molecular weight excluding hydrogens is 372 g/mol. The van der Waals surface area contributed by atoms with E-state index in [9.17, 15) is 13.2 Å². The molecule has 1 aliphatic rings. The Morgan fingerprint density at radius 1 is 1.12 bits per heavy atom. The lowest BCUT2D eigenvalue weighted by Crippen LogP contribution is -2.36. The van der Waals surface area contributed by atoms with Crippen molar-refractivity contribution in [3.63, 3.8) is 0 Å². The maximum absolute atomic E-state index is 12.5. The Labute approximate surface area is 160 Å². The number of carbonyl (C=O) groups is 1. The average molecular weight is 395 g/mol. The standard InChI is InChI=1S/C19H22N2O3S.ClH/c1-14-2-8-18(9-3-14)25(23,24)13-15-4-6-16(7-5-15)19(22)21-17-10-11-20-12-17;/h2-9,17,20H,10-13H2,1H3,(H,21,22);1H. The number of halogens is 1. The lowest BCUT2D eigenvalue weighted by Gasteiger charge is -2.11. The predicted octanol–water partition coefficient (Wildman–Crippen LogP) is 2.48. The Morgan fingerprint density at radius 2 is 1.77 bits per heavy atom. The fourth-order valence-corrected chi connectivity index (χ4v) is 4.20. The van der Waals surface area contributed by atoms with Gasteiger partial charge in [-0.05, 0) is 49.7 Å². The van der Waals surface area contributed by atoms with Crippen LogP contribution in [0.15, 0.2) is 53.4 Å². The van der Waals surface area contributed by atoms with Crippen LogP contribution in [0.4, 0.5) is 0 Å². The molecule has 0 saturated carbocycles. The molecule has 3 rings (SSSR count). The van der Waals surface area contributed by atoms with Crippen molar-refractivity contribution in [2.75, 3.05) is 13.1 Å². The monoisotopic (exact) mass is 394 g/mol. The topological polar surface area (TPSA) is 75.3 Å². The van der Waals surface area contributed by atoms with Crippen LogP contribution < -0.4 is 10.6 Å². The van der Waals surface area contributed by atoms with E-state index in [2.05, 4.69) is 10.6 Å². The first-order valence-electron chi connectivity index (χ1n) is 8.34. The van der Waals surface area contributed by atoms with Gasteiger partial charge < -0.3 is 10.6 Å². The first-order chi connectivity index (χ1) is 11.9. The van der Waals surface area contributed by atoms with Crippen LogP contribution in [-0.4, -0.2) is 33.5 Å². The van der Waals surface area contributed by atoms with Crippen LogP contribution in [-0.2, 0) is 15.6 Å². The number of carbonyl (C=O) groups excluding carboxylic acids is 1. The molecule has 2 N–H and O–H groups in total. The highest BCUT2D eigenvalue weighted by Gasteiger charge is 2.18. The number of sulfone groups is 1. The molecule has 26 heavy (non-hydrogen) atoms. The minimum absolute atomic E-state index is 0. The molecule has 1 saturated heterocycles. The van der Waals surface area contributed by atoms with Crippen molar-refractivity contribution in [1.82, 2.24) is 10.6 Å². The molecule has 1 aliphatic heterocycles. The van der Waals surface area contributed by atoms with Gasteiger partial charge in [0.2, 0.25) is 0 Å². The van der Waals surface area contributed by atoms with Crippen LogP contribution in [0.3, 0.4) is 0 Å². The zero-order chi connectivity index (χ0) is 17.9. The summed E-state index contributed by atoms with van der Waals surface area (Å²) in [5.41, 5.74) is 2.23. The summed E-state index contributed by atoms with van der Waals surface area (Å²) in [5.74, 6) is -0.202. The van der Waals surface area contributed by atoms with Crippen LogP contribution in [0.5, 0.6) is 0 Å². The van der Waals surface area contributed by atoms with Crippen molar-refractivity contribution in [1.29, 1.82) is 0 Å². The van der Waals surface area contributed by atoms with Crippen LogP contribution in [0.25, 0.3) is 0 Å². The largest absolute Gasteiger partial charge is 0.348 e. The highest BCUT2D eigenvalue weighted by atomic mass is 35.5. The van der Waals surface area contributed by atoms with E-state index in [4.69, 9.17) is 0 Å². The van der Waals surface area contributed by atoms with Gasteiger partial charge in [-0.15, -0.1) is 12.4 Å². The summed E-state index contributed by atoms with van der Waals surface area (Å²) in [6, 6.07) is 13.8. The molecule has 0 radical (unpaired) electrons. The Morgan fingerprint density at radius 3 is 2.35 bits per heavy atom. The Bertz CT molecular complexity index is 843. The zero-order valence-corrected chi connectivity index (χ0v) is 16.2. The van der Waals surface area contributed by atoms with Crippen molar-refractivity contribution in [2.45, 2.75) is 30.0 Å². The quantitative estimate of drug-likeness (QED) is 0.816. The van der Waals surface area contributed by atoms with Gasteiger partial charge in [0.1, 0.15) is 0 Å². The van der Waals surface area contributed by atoms with Gasteiger partial charge in [-0.1, -0.05) is 29.8 Å². The van der Waals surface area contributed by atoms with Crippen molar-refractivity contribution >= 4 is 28.2 Å². The summed E-state index contributed by atoms with van der Waals surface area (Å²) < 4.78 is 25.0. The number of amides is 1. The van der Waals surface area contributed by atoms with Gasteiger partial charge in [0.05, 0.1) is 10.6 Å². The number of aryl methyl sites for hydroxylation is 1. The van der Waals surface area contributed by atoms with Crippen LogP contribution in [0.2, 0.25) is 0 Å². The van der Waals surface area contributed by atoms with Crippen molar-refractivity contribution in [2.24, 2.45) is 0 Å². The SMILES string of the molecule is Cc1ccc(S(=O)(=O)Cc2ccc(C(=O)NC3CCNC3)cc2)cc1.Cl. The predicted molar refractivity (Wildman–Crippen MR) is 104 cm³/mol. The molecule has 2 aromatic carbocycles. The van der Waals surface area contributed by atoms with E-state index in [1.165, 1.54) is 0 Å². The molecule has 1 fully saturated rings. The minimum Gasteiger partial charge on any atom is -0.348 e. The van der Waals surface area contributed by atoms with Gasteiger partial charge in [-0.2, -0.15) is 0 Å². The van der Waals surface area contributed by atoms with Gasteiger partial charge >= 0.3 is 0 Å². The van der Waals surface area contributed by atoms with Gasteiger partial charge in [-0.3, -0.25) is 4.79 Å². The normalized spacial score (nSPS) is 16.7. The summed E-state index contributed by atoms with van der Waals surface area (Å²) in [4.78, 5) is 12.5. The lowest BCUT2D eigenvalue weighted by molar-refractivity contribution is 0.0940. The average Bonchev–Trinajstić information content (AvgIpc) is 3.08. The highest BCUT2D eigenvalue weighted by Crippen LogP contribution is 2.17. The maximum Gasteiger partial charge on any atom is 0.251 e. The number of hydrogen-bond donors (Lipinski definition) is 2. The molecular formula is C19H23ClN2O3S. The summed E-state index contributed by atoms with van der Waals surface area (Å²) >= 11 is 0. The van der Waals surface area contributed by atoms with E-state index >= 15 is 0 Å². The zero-order valence-electron chi connectivity index (χ0n) is 14.6. The third kappa shape index (κ3) is 5.06. The molecule has 7 heteroatoms. The van der Waals surface area contributed by atoms with E-state index in [-0.39, 0.29) is 30.1 Å². The summed E-state index contributed by atoms with van der Waals surface area (Å²) in [6.07, 6.45) is 0.929. The first kappa shape index (κ1) is 20.4. The molecule has 1 heterocycles. The van der Waals surface area contributed by atoms with Crippen LogP contribution >= 0.6 is 12.4 Å². The number of benzene rings is 2. The van der Waals surface area contributed by atoms with E-state index in [0.29, 0.717) is 16.0 Å². The van der Waals surface area contributed by atoms with Gasteiger partial charge in [-0.25, -0.2) is 8.42 Å². The Hall–Kier alpha value is -1.89. The number of rotatable bonds is 5. The Balaban J connectivity index is 0.00000243. The first-order valence-corrected chi connectivity index (χ1v) is 9.99. The molecule has 0 aromatic heterocycles. The van der Waals surface area contributed by atoms with Gasteiger partial charge in [0, 0.05) is 18.2 Å². The molecule has 1 amide bonds. The molecule has 140 valence electrons. The third-order valence-electron chi connectivity index (χ3n) is 4.35. The van der Waals surface area contributed by atoms with Gasteiger partial charge in [0.25, 0.3) is 5.91 Å². The van der Waals surface area contributed by atoms with Crippen LogP contribution in [0, 0.1) is 6.92 Å².